The van der Waals surface area contributed by atoms with Crippen LogP contribution < -0.4 is 14.2 Å². The van der Waals surface area contributed by atoms with E-state index in [0.717, 1.165) is 46.1 Å². The number of hydrogen-bond donors (Lipinski definition) is 0. The Kier molecular flexibility index (Phi) is 5.50. The topological polar surface area (TPSA) is 43.3 Å². The van der Waals surface area contributed by atoms with Gasteiger partial charge < -0.3 is 14.2 Å². The van der Waals surface area contributed by atoms with E-state index in [2.05, 4.69) is 6.58 Å². The maximum Gasteiger partial charge on any atom is 0.213 e. The maximum atomic E-state index is 6.41. The van der Waals surface area contributed by atoms with Crippen LogP contribution in [0.1, 0.15) is 35.4 Å². The Morgan fingerprint density at radius 2 is 1.84 bits per heavy atom. The second-order valence-electron chi connectivity index (χ2n) is 7.70. The molecular formula is C26H23ClN2O3. The number of benzene rings is 3. The van der Waals surface area contributed by atoms with Gasteiger partial charge in [0.25, 0.3) is 0 Å². The SMILES string of the molecule is C=CCOc1ccc([C@H]2Oc3ccc(Cl)cc3[C@H]3CC(c4ccc(OC)cc4)=NN32)cc1. The van der Waals surface area contributed by atoms with Gasteiger partial charge in [-0.15, -0.1) is 0 Å². The molecule has 0 unspecified atom stereocenters. The molecule has 162 valence electrons. The fourth-order valence-corrected chi connectivity index (χ4v) is 4.30. The second kappa shape index (κ2) is 8.60. The monoisotopic (exact) mass is 446 g/mol. The lowest BCUT2D eigenvalue weighted by Crippen LogP contribution is -2.33. The molecule has 2 aliphatic rings. The number of methoxy groups -OCH3 is 1. The van der Waals surface area contributed by atoms with E-state index in [4.69, 9.17) is 30.9 Å². The minimum absolute atomic E-state index is 0.0382. The Morgan fingerprint density at radius 3 is 2.56 bits per heavy atom. The van der Waals surface area contributed by atoms with E-state index in [9.17, 15) is 0 Å². The average Bonchev–Trinajstić information content (AvgIpc) is 3.29. The van der Waals surface area contributed by atoms with E-state index in [1.54, 1.807) is 13.2 Å². The molecule has 0 aromatic heterocycles. The quantitative estimate of drug-likeness (QED) is 0.425. The molecule has 3 aromatic rings. The molecular weight excluding hydrogens is 424 g/mol. The molecule has 0 spiro atoms. The second-order valence-corrected chi connectivity index (χ2v) is 8.13. The summed E-state index contributed by atoms with van der Waals surface area (Å²) in [5.41, 5.74) is 4.12. The number of hydrogen-bond acceptors (Lipinski definition) is 5. The average molecular weight is 447 g/mol. The van der Waals surface area contributed by atoms with Gasteiger partial charge in [-0.05, 0) is 72.3 Å². The molecule has 2 aliphatic heterocycles. The largest absolute Gasteiger partial charge is 0.497 e. The highest BCUT2D eigenvalue weighted by Crippen LogP contribution is 2.48. The Morgan fingerprint density at radius 1 is 1.09 bits per heavy atom. The summed E-state index contributed by atoms with van der Waals surface area (Å²) in [4.78, 5) is 0. The van der Waals surface area contributed by atoms with Crippen LogP contribution in [0.3, 0.4) is 0 Å². The Labute approximate surface area is 192 Å². The summed E-state index contributed by atoms with van der Waals surface area (Å²) in [5, 5.41) is 7.72. The Hall–Kier alpha value is -3.44. The van der Waals surface area contributed by atoms with Gasteiger partial charge in [0.15, 0.2) is 0 Å². The summed E-state index contributed by atoms with van der Waals surface area (Å²) in [6.07, 6.45) is 2.14. The highest BCUT2D eigenvalue weighted by atomic mass is 35.5. The predicted octanol–water partition coefficient (Wildman–Crippen LogP) is 6.16. The number of hydrazone groups is 1. The van der Waals surface area contributed by atoms with Gasteiger partial charge in [-0.2, -0.15) is 5.10 Å². The van der Waals surface area contributed by atoms with Crippen molar-refractivity contribution in [1.29, 1.82) is 0 Å². The van der Waals surface area contributed by atoms with Crippen molar-refractivity contribution in [1.82, 2.24) is 5.01 Å². The molecule has 5 nitrogen and oxygen atoms in total. The summed E-state index contributed by atoms with van der Waals surface area (Å²) in [7, 11) is 1.67. The van der Waals surface area contributed by atoms with Crippen molar-refractivity contribution in [3.8, 4) is 17.2 Å². The van der Waals surface area contributed by atoms with Crippen LogP contribution in [0, 0.1) is 0 Å². The first-order chi connectivity index (χ1) is 15.7. The van der Waals surface area contributed by atoms with E-state index < -0.39 is 0 Å². The van der Waals surface area contributed by atoms with Gasteiger partial charge in [0.1, 0.15) is 23.9 Å². The van der Waals surface area contributed by atoms with Crippen LogP contribution in [0.15, 0.2) is 84.5 Å². The first-order valence-corrected chi connectivity index (χ1v) is 10.8. The summed E-state index contributed by atoms with van der Waals surface area (Å²) in [5.74, 6) is 2.44. The van der Waals surface area contributed by atoms with E-state index in [1.807, 2.05) is 71.7 Å². The molecule has 32 heavy (non-hydrogen) atoms. The van der Waals surface area contributed by atoms with Crippen LogP contribution in [0.4, 0.5) is 0 Å². The molecule has 0 amide bonds. The lowest BCUT2D eigenvalue weighted by molar-refractivity contribution is -0.0190. The Bertz CT molecular complexity index is 1160. The van der Waals surface area contributed by atoms with Gasteiger partial charge in [0, 0.05) is 22.6 Å². The first kappa shape index (κ1) is 20.5. The summed E-state index contributed by atoms with van der Waals surface area (Å²) in [6, 6.07) is 21.7. The molecule has 0 aliphatic carbocycles. The van der Waals surface area contributed by atoms with Gasteiger partial charge in [-0.3, -0.25) is 0 Å². The number of ether oxygens (including phenoxy) is 3. The van der Waals surface area contributed by atoms with Gasteiger partial charge in [-0.1, -0.05) is 24.3 Å². The molecule has 2 heterocycles. The van der Waals surface area contributed by atoms with Crippen molar-refractivity contribution < 1.29 is 14.2 Å². The van der Waals surface area contributed by atoms with Crippen LogP contribution in [-0.2, 0) is 0 Å². The minimum Gasteiger partial charge on any atom is -0.497 e. The minimum atomic E-state index is -0.349. The van der Waals surface area contributed by atoms with Crippen molar-refractivity contribution in [2.75, 3.05) is 13.7 Å². The highest BCUT2D eigenvalue weighted by Gasteiger charge is 2.41. The van der Waals surface area contributed by atoms with Crippen LogP contribution >= 0.6 is 11.6 Å². The molecule has 0 bridgehead atoms. The van der Waals surface area contributed by atoms with Crippen molar-refractivity contribution in [2.24, 2.45) is 5.10 Å². The lowest BCUT2D eigenvalue weighted by Gasteiger charge is -2.38. The van der Waals surface area contributed by atoms with Crippen molar-refractivity contribution in [2.45, 2.75) is 18.7 Å². The van der Waals surface area contributed by atoms with Gasteiger partial charge in [0.05, 0.1) is 18.9 Å². The van der Waals surface area contributed by atoms with E-state index >= 15 is 0 Å². The van der Waals surface area contributed by atoms with Crippen LogP contribution in [0.2, 0.25) is 5.02 Å². The van der Waals surface area contributed by atoms with Crippen LogP contribution in [0.5, 0.6) is 17.2 Å². The Balaban J connectivity index is 1.51. The van der Waals surface area contributed by atoms with Crippen molar-refractivity contribution in [3.63, 3.8) is 0 Å². The fourth-order valence-electron chi connectivity index (χ4n) is 4.12. The number of nitrogens with zero attached hydrogens (tertiary/aromatic N) is 2. The molecule has 0 saturated heterocycles. The van der Waals surface area contributed by atoms with Gasteiger partial charge in [0.2, 0.25) is 6.23 Å². The standard InChI is InChI=1S/C26H23ClN2O3/c1-3-14-31-21-11-6-18(7-12-21)26-29-24(22-15-19(27)8-13-25(22)32-26)16-23(28-29)17-4-9-20(30-2)10-5-17/h3-13,15,24,26H,1,14,16H2,2H3/t24-,26-/m1/s1. The molecule has 0 radical (unpaired) electrons. The number of halogens is 1. The third-order valence-corrected chi connectivity index (χ3v) is 5.94. The van der Waals surface area contributed by atoms with Gasteiger partial charge in [-0.25, -0.2) is 5.01 Å². The zero-order valence-electron chi connectivity index (χ0n) is 17.7. The molecule has 0 N–H and O–H groups in total. The zero-order valence-corrected chi connectivity index (χ0v) is 18.5. The van der Waals surface area contributed by atoms with Crippen LogP contribution in [0.25, 0.3) is 0 Å². The number of fused-ring (bicyclic) bond motifs is 3. The predicted molar refractivity (Wildman–Crippen MR) is 126 cm³/mol. The lowest BCUT2D eigenvalue weighted by atomic mass is 9.96. The molecule has 2 atom stereocenters. The van der Waals surface area contributed by atoms with E-state index in [0.29, 0.717) is 11.6 Å². The molecule has 6 heteroatoms. The molecule has 3 aromatic carbocycles. The molecule has 0 saturated carbocycles. The summed E-state index contributed by atoms with van der Waals surface area (Å²) < 4.78 is 17.3. The summed E-state index contributed by atoms with van der Waals surface area (Å²) >= 11 is 6.32. The normalized spacial score (nSPS) is 18.8. The van der Waals surface area contributed by atoms with Crippen LogP contribution in [-0.4, -0.2) is 24.4 Å². The first-order valence-electron chi connectivity index (χ1n) is 10.5. The van der Waals surface area contributed by atoms with Gasteiger partial charge >= 0.3 is 0 Å². The van der Waals surface area contributed by atoms with Crippen molar-refractivity contribution >= 4 is 17.3 Å². The summed E-state index contributed by atoms with van der Waals surface area (Å²) in [6.45, 7) is 4.16. The molecule has 5 rings (SSSR count). The number of rotatable bonds is 6. The smallest absolute Gasteiger partial charge is 0.213 e. The molecule has 0 fully saturated rings. The van der Waals surface area contributed by atoms with E-state index in [-0.39, 0.29) is 12.3 Å². The van der Waals surface area contributed by atoms with Crippen molar-refractivity contribution in [3.05, 3.63) is 101 Å². The van der Waals surface area contributed by atoms with E-state index in [1.165, 1.54) is 0 Å². The zero-order chi connectivity index (χ0) is 22.1. The fraction of sp³-hybridized carbons (Fsp3) is 0.192. The third kappa shape index (κ3) is 3.80. The highest BCUT2D eigenvalue weighted by molar-refractivity contribution is 6.30. The third-order valence-electron chi connectivity index (χ3n) is 5.71. The maximum absolute atomic E-state index is 6.41.